The summed E-state index contributed by atoms with van der Waals surface area (Å²) in [6, 6.07) is 5.78. The van der Waals surface area contributed by atoms with Crippen molar-refractivity contribution in [1.29, 1.82) is 0 Å². The van der Waals surface area contributed by atoms with Crippen LogP contribution in [0.5, 0.6) is 0 Å². The summed E-state index contributed by atoms with van der Waals surface area (Å²) >= 11 is 0. The van der Waals surface area contributed by atoms with Crippen molar-refractivity contribution in [2.24, 2.45) is 0 Å². The summed E-state index contributed by atoms with van der Waals surface area (Å²) in [6.07, 6.45) is 0.521. The van der Waals surface area contributed by atoms with Crippen molar-refractivity contribution < 1.29 is 28.2 Å². The maximum Gasteiger partial charge on any atom is 0.311 e. The van der Waals surface area contributed by atoms with E-state index in [2.05, 4.69) is 5.32 Å². The second-order valence-corrected chi connectivity index (χ2v) is 5.27. The van der Waals surface area contributed by atoms with Crippen LogP contribution in [0.2, 0.25) is 0 Å². The Morgan fingerprint density at radius 1 is 1.33 bits per heavy atom. The first-order valence-corrected chi connectivity index (χ1v) is 7.27. The van der Waals surface area contributed by atoms with Crippen LogP contribution in [-0.2, 0) is 16.0 Å². The lowest BCUT2D eigenvalue weighted by Crippen LogP contribution is -2.30. The average Bonchev–Trinajstić information content (AvgIpc) is 2.89. The standard InChI is InChI=1S/C17H18FNO5/c1-10-9-24-13(7-15(20)21)16(10)17(22)19-8-14(23-2)11-3-5-12(18)6-4-11/h3-6,9,14H,7-8H2,1-2H3,(H,19,22)(H,20,21). The monoisotopic (exact) mass is 335 g/mol. The number of hydrogen-bond donors (Lipinski definition) is 2. The molecule has 0 radical (unpaired) electrons. The van der Waals surface area contributed by atoms with E-state index in [9.17, 15) is 14.0 Å². The second kappa shape index (κ2) is 7.74. The van der Waals surface area contributed by atoms with Crippen LogP contribution in [0, 0.1) is 12.7 Å². The minimum atomic E-state index is -1.08. The fourth-order valence-corrected chi connectivity index (χ4v) is 2.36. The number of aliphatic carboxylic acids is 1. The summed E-state index contributed by atoms with van der Waals surface area (Å²) in [5.74, 6) is -1.78. The molecule has 128 valence electrons. The van der Waals surface area contributed by atoms with Gasteiger partial charge in [0.25, 0.3) is 5.91 Å². The van der Waals surface area contributed by atoms with Gasteiger partial charge < -0.3 is 19.6 Å². The highest BCUT2D eigenvalue weighted by Crippen LogP contribution is 2.19. The maximum atomic E-state index is 13.0. The molecule has 0 aliphatic carbocycles. The molecule has 7 heteroatoms. The number of halogens is 1. The summed E-state index contributed by atoms with van der Waals surface area (Å²) in [5.41, 5.74) is 1.49. The number of furan rings is 1. The number of amides is 1. The molecule has 0 spiro atoms. The third kappa shape index (κ3) is 4.20. The molecule has 24 heavy (non-hydrogen) atoms. The number of aryl methyl sites for hydroxylation is 1. The van der Waals surface area contributed by atoms with Gasteiger partial charge in [0.15, 0.2) is 0 Å². The highest BCUT2D eigenvalue weighted by Gasteiger charge is 2.21. The van der Waals surface area contributed by atoms with Crippen molar-refractivity contribution in [3.05, 3.63) is 58.8 Å². The van der Waals surface area contributed by atoms with Crippen molar-refractivity contribution in [2.75, 3.05) is 13.7 Å². The summed E-state index contributed by atoms with van der Waals surface area (Å²) < 4.78 is 23.4. The van der Waals surface area contributed by atoms with Crippen molar-refractivity contribution in [3.8, 4) is 0 Å². The van der Waals surface area contributed by atoms with Gasteiger partial charge in [-0.3, -0.25) is 9.59 Å². The summed E-state index contributed by atoms with van der Waals surface area (Å²) in [6.45, 7) is 1.82. The summed E-state index contributed by atoms with van der Waals surface area (Å²) in [5, 5.41) is 11.6. The van der Waals surface area contributed by atoms with Crippen molar-refractivity contribution in [2.45, 2.75) is 19.4 Å². The van der Waals surface area contributed by atoms with Crippen LogP contribution in [0.25, 0.3) is 0 Å². The molecule has 2 aromatic rings. The molecule has 1 aromatic carbocycles. The molecule has 0 aliphatic heterocycles. The zero-order valence-corrected chi connectivity index (χ0v) is 13.3. The molecule has 0 fully saturated rings. The third-order valence-electron chi connectivity index (χ3n) is 3.56. The van der Waals surface area contributed by atoms with Crippen LogP contribution in [0.4, 0.5) is 4.39 Å². The van der Waals surface area contributed by atoms with Gasteiger partial charge in [0.05, 0.1) is 17.9 Å². The third-order valence-corrected chi connectivity index (χ3v) is 3.56. The lowest BCUT2D eigenvalue weighted by Gasteiger charge is -2.16. The van der Waals surface area contributed by atoms with Gasteiger partial charge in [-0.1, -0.05) is 12.1 Å². The van der Waals surface area contributed by atoms with Gasteiger partial charge >= 0.3 is 5.97 Å². The van der Waals surface area contributed by atoms with E-state index in [1.54, 1.807) is 19.1 Å². The van der Waals surface area contributed by atoms with Crippen LogP contribution >= 0.6 is 0 Å². The van der Waals surface area contributed by atoms with Crippen LogP contribution in [0.1, 0.15) is 33.3 Å². The van der Waals surface area contributed by atoms with Gasteiger partial charge in [0, 0.05) is 19.2 Å². The normalized spacial score (nSPS) is 12.0. The largest absolute Gasteiger partial charge is 0.481 e. The molecular formula is C17H18FNO5. The number of ether oxygens (including phenoxy) is 1. The Hall–Kier alpha value is -2.67. The van der Waals surface area contributed by atoms with Gasteiger partial charge in [0.1, 0.15) is 18.0 Å². The van der Waals surface area contributed by atoms with Crippen LogP contribution in [-0.4, -0.2) is 30.6 Å². The van der Waals surface area contributed by atoms with Crippen LogP contribution in [0.3, 0.4) is 0 Å². The Morgan fingerprint density at radius 3 is 2.58 bits per heavy atom. The average molecular weight is 335 g/mol. The SMILES string of the molecule is COC(CNC(=O)c1c(C)coc1CC(=O)O)c1ccc(F)cc1. The fraction of sp³-hybridized carbons (Fsp3) is 0.294. The first-order valence-electron chi connectivity index (χ1n) is 7.27. The van der Waals surface area contributed by atoms with Gasteiger partial charge in [-0.25, -0.2) is 4.39 Å². The topological polar surface area (TPSA) is 88.8 Å². The number of carboxylic acid groups (broad SMARTS) is 1. The minimum Gasteiger partial charge on any atom is -0.481 e. The maximum absolute atomic E-state index is 13.0. The molecule has 6 nitrogen and oxygen atoms in total. The number of nitrogens with one attached hydrogen (secondary N) is 1. The van der Waals surface area contributed by atoms with Gasteiger partial charge in [-0.15, -0.1) is 0 Å². The van der Waals surface area contributed by atoms with Crippen molar-refractivity contribution in [1.82, 2.24) is 5.32 Å². The summed E-state index contributed by atoms with van der Waals surface area (Å²) in [7, 11) is 1.49. The van der Waals surface area contributed by atoms with E-state index in [4.69, 9.17) is 14.3 Å². The first-order chi connectivity index (χ1) is 11.4. The first kappa shape index (κ1) is 17.7. The predicted molar refractivity (Wildman–Crippen MR) is 83.3 cm³/mol. The Morgan fingerprint density at radius 2 is 2.00 bits per heavy atom. The molecule has 0 aliphatic rings. The van der Waals surface area contributed by atoms with Gasteiger partial charge in [-0.2, -0.15) is 0 Å². The Balaban J connectivity index is 2.08. The zero-order chi connectivity index (χ0) is 17.7. The smallest absolute Gasteiger partial charge is 0.311 e. The molecule has 1 aromatic heterocycles. The van der Waals surface area contributed by atoms with Gasteiger partial charge in [-0.05, 0) is 24.6 Å². The number of methoxy groups -OCH3 is 1. The molecule has 2 N–H and O–H groups in total. The molecule has 1 atom stereocenters. The lowest BCUT2D eigenvalue weighted by molar-refractivity contribution is -0.136. The molecule has 2 rings (SSSR count). The fourth-order valence-electron chi connectivity index (χ4n) is 2.36. The van der Waals surface area contributed by atoms with E-state index in [1.165, 1.54) is 25.5 Å². The van der Waals surface area contributed by atoms with Crippen LogP contribution in [0.15, 0.2) is 34.9 Å². The number of carboxylic acids is 1. The summed E-state index contributed by atoms with van der Waals surface area (Å²) in [4.78, 5) is 23.2. The molecule has 1 amide bonds. The molecule has 0 saturated carbocycles. The second-order valence-electron chi connectivity index (χ2n) is 5.27. The van der Waals surface area contributed by atoms with Gasteiger partial charge in [0.2, 0.25) is 0 Å². The molecular weight excluding hydrogens is 317 g/mol. The van der Waals surface area contributed by atoms with E-state index in [0.717, 1.165) is 0 Å². The van der Waals surface area contributed by atoms with E-state index in [-0.39, 0.29) is 30.1 Å². The molecule has 1 heterocycles. The number of benzene rings is 1. The Labute approximate surface area is 138 Å². The highest BCUT2D eigenvalue weighted by atomic mass is 19.1. The van der Waals surface area contributed by atoms with E-state index < -0.39 is 18.0 Å². The lowest BCUT2D eigenvalue weighted by atomic mass is 10.1. The number of carbonyl (C=O) groups is 2. The van der Waals surface area contributed by atoms with Crippen LogP contribution < -0.4 is 5.32 Å². The minimum absolute atomic E-state index is 0.105. The number of carbonyl (C=O) groups excluding carboxylic acids is 1. The molecule has 1 unspecified atom stereocenters. The quantitative estimate of drug-likeness (QED) is 0.811. The van der Waals surface area contributed by atoms with E-state index in [0.29, 0.717) is 11.1 Å². The predicted octanol–water partition coefficient (Wildman–Crippen LogP) is 2.47. The Kier molecular flexibility index (Phi) is 5.70. The zero-order valence-electron chi connectivity index (χ0n) is 13.3. The van der Waals surface area contributed by atoms with Crippen molar-refractivity contribution >= 4 is 11.9 Å². The molecule has 0 saturated heterocycles. The van der Waals surface area contributed by atoms with E-state index >= 15 is 0 Å². The van der Waals surface area contributed by atoms with E-state index in [1.807, 2.05) is 0 Å². The molecule has 0 bridgehead atoms. The number of hydrogen-bond acceptors (Lipinski definition) is 4. The number of rotatable bonds is 7. The highest BCUT2D eigenvalue weighted by molar-refractivity contribution is 5.97. The van der Waals surface area contributed by atoms with Crippen molar-refractivity contribution in [3.63, 3.8) is 0 Å². The Bertz CT molecular complexity index is 723.